The molecule has 0 aromatic carbocycles. The van der Waals surface area contributed by atoms with Crippen LogP contribution in [-0.2, 0) is 17.1 Å². The van der Waals surface area contributed by atoms with Crippen molar-refractivity contribution in [3.05, 3.63) is 59.3 Å². The molecule has 1 aliphatic heterocycles. The van der Waals surface area contributed by atoms with Gasteiger partial charge in [-0.05, 0) is 31.9 Å². The van der Waals surface area contributed by atoms with Crippen LogP contribution in [0.5, 0.6) is 5.75 Å². The molecule has 0 aliphatic carbocycles. The summed E-state index contributed by atoms with van der Waals surface area (Å²) in [5.41, 5.74) is 1.98. The van der Waals surface area contributed by atoms with Gasteiger partial charge in [-0.15, -0.1) is 0 Å². The topological polar surface area (TPSA) is 65.7 Å². The highest BCUT2D eigenvalue weighted by atomic mass is 19.3. The van der Waals surface area contributed by atoms with E-state index in [0.717, 1.165) is 44.3 Å². The molecular weight excluding hydrogens is 404 g/mol. The lowest BCUT2D eigenvalue weighted by Gasteiger charge is -2.19. The summed E-state index contributed by atoms with van der Waals surface area (Å²) >= 11 is 0. The van der Waals surface area contributed by atoms with E-state index >= 15 is 0 Å². The van der Waals surface area contributed by atoms with E-state index in [-0.39, 0.29) is 17.9 Å². The average molecular weight is 429 g/mol. The fourth-order valence-corrected chi connectivity index (χ4v) is 3.79. The number of nitrogens with zero attached hydrogens (tertiary/aromatic N) is 3. The second-order valence-electron chi connectivity index (χ2n) is 7.81. The van der Waals surface area contributed by atoms with Crippen molar-refractivity contribution in [2.45, 2.75) is 45.0 Å². The van der Waals surface area contributed by atoms with Crippen molar-refractivity contribution in [1.82, 2.24) is 14.4 Å². The van der Waals surface area contributed by atoms with Gasteiger partial charge < -0.3 is 13.9 Å². The molecule has 1 fully saturated rings. The lowest BCUT2D eigenvalue weighted by atomic mass is 9.97. The number of fused-ring (bicyclic) bond motifs is 1. The standard InChI is InChI=1S/C23H25F2N3O3/c1-3-31-20-12-22-27-18(15-7-9-30-10-8-15)14-28(22)13-16(20)11-19(29)17-5-4-6-21(26-17)23(2,24)25/h4-6,12-15H,3,7-11H2,1-2H3. The van der Waals surface area contributed by atoms with E-state index in [1.54, 1.807) is 0 Å². The minimum atomic E-state index is -3.11. The van der Waals surface area contributed by atoms with Crippen molar-refractivity contribution in [1.29, 1.82) is 0 Å². The molecule has 164 valence electrons. The van der Waals surface area contributed by atoms with E-state index < -0.39 is 11.6 Å². The van der Waals surface area contributed by atoms with Gasteiger partial charge in [-0.25, -0.2) is 9.97 Å². The van der Waals surface area contributed by atoms with Gasteiger partial charge in [-0.1, -0.05) is 6.07 Å². The minimum Gasteiger partial charge on any atom is -0.493 e. The smallest absolute Gasteiger partial charge is 0.286 e. The summed E-state index contributed by atoms with van der Waals surface area (Å²) in [5, 5.41) is 0. The third kappa shape index (κ3) is 4.74. The highest BCUT2D eigenvalue weighted by Crippen LogP contribution is 2.29. The zero-order chi connectivity index (χ0) is 22.0. The number of imidazole rings is 1. The molecule has 0 bridgehead atoms. The average Bonchev–Trinajstić information content (AvgIpc) is 3.17. The maximum absolute atomic E-state index is 13.6. The molecule has 3 aromatic rings. The largest absolute Gasteiger partial charge is 0.493 e. The van der Waals surface area contributed by atoms with Gasteiger partial charge in [0.25, 0.3) is 5.92 Å². The molecule has 0 amide bonds. The molecule has 3 aromatic heterocycles. The Morgan fingerprint density at radius 3 is 2.74 bits per heavy atom. The first-order valence-electron chi connectivity index (χ1n) is 10.5. The van der Waals surface area contributed by atoms with Crippen molar-refractivity contribution in [3.8, 4) is 5.75 Å². The van der Waals surface area contributed by atoms with E-state index in [0.29, 0.717) is 23.8 Å². The molecule has 0 atom stereocenters. The molecule has 0 unspecified atom stereocenters. The molecule has 1 saturated heterocycles. The molecule has 8 heteroatoms. The zero-order valence-corrected chi connectivity index (χ0v) is 17.6. The number of aromatic nitrogens is 3. The molecule has 4 heterocycles. The van der Waals surface area contributed by atoms with E-state index in [2.05, 4.69) is 4.98 Å². The van der Waals surface area contributed by atoms with Crippen LogP contribution in [0.25, 0.3) is 5.65 Å². The van der Waals surface area contributed by atoms with Crippen LogP contribution >= 0.6 is 0 Å². The minimum absolute atomic E-state index is 0.00935. The van der Waals surface area contributed by atoms with Gasteiger partial charge in [0.15, 0.2) is 5.78 Å². The number of halogens is 2. The Balaban J connectivity index is 1.64. The lowest BCUT2D eigenvalue weighted by Crippen LogP contribution is -2.14. The third-order valence-electron chi connectivity index (χ3n) is 5.43. The highest BCUT2D eigenvalue weighted by Gasteiger charge is 2.27. The first-order valence-corrected chi connectivity index (χ1v) is 10.5. The first kappa shape index (κ1) is 21.4. The molecule has 31 heavy (non-hydrogen) atoms. The van der Waals surface area contributed by atoms with Crippen molar-refractivity contribution >= 4 is 11.4 Å². The van der Waals surface area contributed by atoms with Crippen LogP contribution in [0.4, 0.5) is 8.78 Å². The van der Waals surface area contributed by atoms with Gasteiger partial charge >= 0.3 is 0 Å². The molecular formula is C23H25F2N3O3. The number of rotatable bonds is 7. The predicted octanol–water partition coefficient (Wildman–Crippen LogP) is 4.56. The van der Waals surface area contributed by atoms with Gasteiger partial charge in [-0.3, -0.25) is 4.79 Å². The number of carbonyl (C=O) groups is 1. The van der Waals surface area contributed by atoms with Crippen LogP contribution in [-0.4, -0.2) is 40.0 Å². The lowest BCUT2D eigenvalue weighted by molar-refractivity contribution is 0.0126. The third-order valence-corrected chi connectivity index (χ3v) is 5.43. The summed E-state index contributed by atoms with van der Waals surface area (Å²) in [5.74, 6) is -2.55. The fourth-order valence-electron chi connectivity index (χ4n) is 3.79. The summed E-state index contributed by atoms with van der Waals surface area (Å²) in [6.45, 7) is 4.51. The van der Waals surface area contributed by atoms with E-state index in [4.69, 9.17) is 14.5 Å². The second-order valence-corrected chi connectivity index (χ2v) is 7.81. The molecule has 6 nitrogen and oxygen atoms in total. The predicted molar refractivity (Wildman–Crippen MR) is 111 cm³/mol. The maximum Gasteiger partial charge on any atom is 0.286 e. The van der Waals surface area contributed by atoms with Gasteiger partial charge in [-0.2, -0.15) is 8.78 Å². The highest BCUT2D eigenvalue weighted by molar-refractivity contribution is 5.96. The number of ketones is 1. The maximum atomic E-state index is 13.6. The molecule has 0 spiro atoms. The number of alkyl halides is 2. The quantitative estimate of drug-likeness (QED) is 0.515. The number of hydrogen-bond acceptors (Lipinski definition) is 5. The van der Waals surface area contributed by atoms with Gasteiger partial charge in [0.1, 0.15) is 22.8 Å². The molecule has 0 saturated carbocycles. The van der Waals surface area contributed by atoms with Crippen molar-refractivity contribution in [3.63, 3.8) is 0 Å². The Morgan fingerprint density at radius 1 is 1.26 bits per heavy atom. The van der Waals surface area contributed by atoms with E-state index in [1.807, 2.05) is 29.8 Å². The Kier molecular flexibility index (Phi) is 6.00. The van der Waals surface area contributed by atoms with Crippen LogP contribution in [0.3, 0.4) is 0 Å². The van der Waals surface area contributed by atoms with E-state index in [9.17, 15) is 13.6 Å². The van der Waals surface area contributed by atoms with Crippen LogP contribution < -0.4 is 4.74 Å². The second kappa shape index (κ2) is 8.70. The van der Waals surface area contributed by atoms with Gasteiger partial charge in [0, 0.05) is 56.5 Å². The monoisotopic (exact) mass is 429 g/mol. The number of hydrogen-bond donors (Lipinski definition) is 0. The molecule has 0 radical (unpaired) electrons. The van der Waals surface area contributed by atoms with Crippen molar-refractivity contribution < 1.29 is 23.0 Å². The first-order chi connectivity index (χ1) is 14.8. The van der Waals surface area contributed by atoms with E-state index in [1.165, 1.54) is 18.2 Å². The summed E-state index contributed by atoms with van der Waals surface area (Å²) in [6, 6.07) is 5.92. The van der Waals surface area contributed by atoms with Gasteiger partial charge in [0.05, 0.1) is 12.3 Å². The number of ether oxygens (including phenoxy) is 2. The number of pyridine rings is 2. The van der Waals surface area contributed by atoms with Crippen molar-refractivity contribution in [2.24, 2.45) is 0 Å². The molecule has 1 aliphatic rings. The van der Waals surface area contributed by atoms with Crippen molar-refractivity contribution in [2.75, 3.05) is 19.8 Å². The summed E-state index contributed by atoms with van der Waals surface area (Å²) in [4.78, 5) is 21.5. The van der Waals surface area contributed by atoms with Crippen LogP contribution in [0, 0.1) is 0 Å². The number of Topliss-reactive ketones (excluding diaryl/α,β-unsaturated/α-hetero) is 1. The Hall–Kier alpha value is -2.87. The SMILES string of the molecule is CCOc1cc2nc(C3CCOCC3)cn2cc1CC(=O)c1cccc(C(C)(F)F)n1. The summed E-state index contributed by atoms with van der Waals surface area (Å²) < 4.78 is 40.3. The van der Waals surface area contributed by atoms with Gasteiger partial charge in [0.2, 0.25) is 0 Å². The Labute approximate surface area is 179 Å². The normalized spacial score (nSPS) is 15.4. The molecule has 0 N–H and O–H groups in total. The summed E-state index contributed by atoms with van der Waals surface area (Å²) in [6.07, 6.45) is 5.65. The van der Waals surface area contributed by atoms with Crippen LogP contribution in [0.1, 0.15) is 60.0 Å². The molecule has 4 rings (SSSR count). The number of carbonyl (C=O) groups excluding carboxylic acids is 1. The van der Waals surface area contributed by atoms with Crippen LogP contribution in [0.15, 0.2) is 36.7 Å². The fraction of sp³-hybridized carbons (Fsp3) is 0.435. The Morgan fingerprint density at radius 2 is 2.03 bits per heavy atom. The summed E-state index contributed by atoms with van der Waals surface area (Å²) in [7, 11) is 0. The van der Waals surface area contributed by atoms with Crippen LogP contribution in [0.2, 0.25) is 0 Å². The Bertz CT molecular complexity index is 1090. The zero-order valence-electron chi connectivity index (χ0n) is 17.6.